The van der Waals surface area contributed by atoms with Crippen molar-refractivity contribution in [2.24, 2.45) is 0 Å². The Hall–Kier alpha value is -2.87. The molecule has 1 aliphatic rings. The Morgan fingerprint density at radius 2 is 2.04 bits per heavy atom. The molecule has 0 bridgehead atoms. The molecule has 1 aliphatic heterocycles. The van der Waals surface area contributed by atoms with E-state index in [1.807, 2.05) is 23.2 Å². The first-order valence-corrected chi connectivity index (χ1v) is 9.87. The van der Waals surface area contributed by atoms with E-state index >= 15 is 0 Å². The molecule has 0 spiro atoms. The van der Waals surface area contributed by atoms with Crippen molar-refractivity contribution in [2.75, 3.05) is 25.0 Å². The minimum Gasteiger partial charge on any atom is -0.368 e. The topological polar surface area (TPSA) is 83.9 Å². The van der Waals surface area contributed by atoms with Crippen LogP contribution in [0.4, 0.5) is 5.82 Å². The van der Waals surface area contributed by atoms with Crippen molar-refractivity contribution in [2.45, 2.75) is 19.3 Å². The number of aromatic nitrogens is 4. The van der Waals surface area contributed by atoms with Gasteiger partial charge >= 0.3 is 0 Å². The van der Waals surface area contributed by atoms with Crippen molar-refractivity contribution < 1.29 is 4.79 Å². The van der Waals surface area contributed by atoms with Gasteiger partial charge in [0.15, 0.2) is 0 Å². The van der Waals surface area contributed by atoms with Gasteiger partial charge in [0.1, 0.15) is 16.5 Å². The summed E-state index contributed by atoms with van der Waals surface area (Å²) >= 11 is 1.61. The van der Waals surface area contributed by atoms with Gasteiger partial charge in [0.05, 0.1) is 18.1 Å². The zero-order valence-electron chi connectivity index (χ0n) is 14.8. The summed E-state index contributed by atoms with van der Waals surface area (Å²) in [6, 6.07) is 3.92. The predicted molar refractivity (Wildman–Crippen MR) is 105 cm³/mol. The zero-order valence-corrected chi connectivity index (χ0v) is 15.7. The number of rotatable bonds is 6. The molecule has 0 unspecified atom stereocenters. The molecule has 0 radical (unpaired) electrons. The maximum absolute atomic E-state index is 12.4. The van der Waals surface area contributed by atoms with E-state index in [0.717, 1.165) is 48.6 Å². The monoisotopic (exact) mass is 380 g/mol. The lowest BCUT2D eigenvalue weighted by Crippen LogP contribution is -2.28. The summed E-state index contributed by atoms with van der Waals surface area (Å²) in [5.41, 5.74) is 2.44. The Morgan fingerprint density at radius 1 is 1.15 bits per heavy atom. The first kappa shape index (κ1) is 17.5. The average molecular weight is 380 g/mol. The van der Waals surface area contributed by atoms with Gasteiger partial charge < -0.3 is 10.2 Å². The maximum Gasteiger partial charge on any atom is 0.274 e. The second kappa shape index (κ2) is 8.22. The maximum atomic E-state index is 12.4. The number of hydrogen-bond donors (Lipinski definition) is 1. The standard InChI is InChI=1S/C19H20N6OS/c26-19(25-8-1-2-9-25)16-11-21-12-17(24-16)22-7-5-15-13-27-18(23-15)14-4-3-6-20-10-14/h3-4,6,10-13H,1-2,5,7-9H2,(H,22,24). The van der Waals surface area contributed by atoms with Gasteiger partial charge in [-0.25, -0.2) is 9.97 Å². The van der Waals surface area contributed by atoms with Gasteiger partial charge in [0, 0.05) is 49.4 Å². The first-order chi connectivity index (χ1) is 13.3. The lowest BCUT2D eigenvalue weighted by Gasteiger charge is -2.14. The largest absolute Gasteiger partial charge is 0.368 e. The second-order valence-electron chi connectivity index (χ2n) is 6.35. The molecule has 27 heavy (non-hydrogen) atoms. The van der Waals surface area contributed by atoms with Crippen LogP contribution in [0.25, 0.3) is 10.6 Å². The number of likely N-dealkylation sites (tertiary alicyclic amines) is 1. The van der Waals surface area contributed by atoms with E-state index < -0.39 is 0 Å². The Balaban J connectivity index is 1.33. The lowest BCUT2D eigenvalue weighted by atomic mass is 10.3. The highest BCUT2D eigenvalue weighted by Crippen LogP contribution is 2.22. The number of nitrogens with zero attached hydrogens (tertiary/aromatic N) is 5. The van der Waals surface area contributed by atoms with Gasteiger partial charge in [0.25, 0.3) is 5.91 Å². The molecule has 1 fully saturated rings. The Kier molecular flexibility index (Phi) is 5.34. The van der Waals surface area contributed by atoms with Gasteiger partial charge in [-0.2, -0.15) is 0 Å². The predicted octanol–water partition coefficient (Wildman–Crippen LogP) is 2.89. The van der Waals surface area contributed by atoms with Crippen LogP contribution in [-0.4, -0.2) is 50.4 Å². The second-order valence-corrected chi connectivity index (χ2v) is 7.21. The highest BCUT2D eigenvalue weighted by Gasteiger charge is 2.21. The Labute approximate surface area is 161 Å². The van der Waals surface area contributed by atoms with E-state index in [2.05, 4.69) is 30.6 Å². The summed E-state index contributed by atoms with van der Waals surface area (Å²) in [7, 11) is 0. The fourth-order valence-corrected chi connectivity index (χ4v) is 3.84. The van der Waals surface area contributed by atoms with Crippen molar-refractivity contribution in [3.8, 4) is 10.6 Å². The molecule has 4 rings (SSSR count). The molecule has 138 valence electrons. The van der Waals surface area contributed by atoms with Gasteiger partial charge in [-0.3, -0.25) is 14.8 Å². The van der Waals surface area contributed by atoms with Crippen LogP contribution in [0.5, 0.6) is 0 Å². The molecular formula is C19H20N6OS. The zero-order chi connectivity index (χ0) is 18.5. The Morgan fingerprint density at radius 3 is 2.85 bits per heavy atom. The van der Waals surface area contributed by atoms with Gasteiger partial charge in [0.2, 0.25) is 0 Å². The molecule has 8 heteroatoms. The van der Waals surface area contributed by atoms with Crippen molar-refractivity contribution >= 4 is 23.1 Å². The van der Waals surface area contributed by atoms with Crippen LogP contribution >= 0.6 is 11.3 Å². The molecule has 3 aromatic heterocycles. The molecule has 0 aromatic carbocycles. The number of anilines is 1. The quantitative estimate of drug-likeness (QED) is 0.708. The summed E-state index contributed by atoms with van der Waals surface area (Å²) in [4.78, 5) is 31.6. The summed E-state index contributed by atoms with van der Waals surface area (Å²) in [5.74, 6) is 0.576. The summed E-state index contributed by atoms with van der Waals surface area (Å²) in [6.45, 7) is 2.29. The number of nitrogens with one attached hydrogen (secondary N) is 1. The number of carbonyl (C=O) groups excluding carboxylic acids is 1. The van der Waals surface area contributed by atoms with Crippen LogP contribution in [-0.2, 0) is 6.42 Å². The molecule has 0 aliphatic carbocycles. The number of amides is 1. The molecule has 1 saturated heterocycles. The number of thiazole rings is 1. The van der Waals surface area contributed by atoms with E-state index in [4.69, 9.17) is 0 Å². The van der Waals surface area contributed by atoms with Gasteiger partial charge in [-0.15, -0.1) is 11.3 Å². The molecule has 4 heterocycles. The molecule has 1 amide bonds. The van der Waals surface area contributed by atoms with E-state index in [9.17, 15) is 4.79 Å². The van der Waals surface area contributed by atoms with E-state index in [1.165, 1.54) is 6.20 Å². The normalized spacial score (nSPS) is 13.7. The van der Waals surface area contributed by atoms with Crippen LogP contribution in [0.1, 0.15) is 29.0 Å². The van der Waals surface area contributed by atoms with Gasteiger partial charge in [-0.1, -0.05) is 0 Å². The van der Waals surface area contributed by atoms with Crippen molar-refractivity contribution in [3.63, 3.8) is 0 Å². The molecular weight excluding hydrogens is 360 g/mol. The molecule has 1 N–H and O–H groups in total. The molecule has 0 saturated carbocycles. The van der Waals surface area contributed by atoms with Crippen LogP contribution < -0.4 is 5.32 Å². The van der Waals surface area contributed by atoms with Crippen LogP contribution in [0.3, 0.4) is 0 Å². The number of hydrogen-bond acceptors (Lipinski definition) is 7. The van der Waals surface area contributed by atoms with Crippen LogP contribution in [0.2, 0.25) is 0 Å². The minimum absolute atomic E-state index is 0.0377. The number of pyridine rings is 1. The minimum atomic E-state index is -0.0377. The molecule has 3 aromatic rings. The fourth-order valence-electron chi connectivity index (χ4n) is 3.00. The van der Waals surface area contributed by atoms with Crippen LogP contribution in [0, 0.1) is 0 Å². The van der Waals surface area contributed by atoms with Crippen LogP contribution in [0.15, 0.2) is 42.3 Å². The highest BCUT2D eigenvalue weighted by atomic mass is 32.1. The van der Waals surface area contributed by atoms with Crippen molar-refractivity contribution in [1.29, 1.82) is 0 Å². The first-order valence-electron chi connectivity index (χ1n) is 8.99. The fraction of sp³-hybridized carbons (Fsp3) is 0.316. The molecule has 7 nitrogen and oxygen atoms in total. The summed E-state index contributed by atoms with van der Waals surface area (Å²) < 4.78 is 0. The lowest BCUT2D eigenvalue weighted by molar-refractivity contribution is 0.0786. The third kappa shape index (κ3) is 4.28. The third-order valence-corrected chi connectivity index (χ3v) is 5.33. The Bertz CT molecular complexity index is 907. The SMILES string of the molecule is O=C(c1cncc(NCCc2csc(-c3cccnc3)n2)n1)N1CCCC1. The summed E-state index contributed by atoms with van der Waals surface area (Å²) in [5, 5.41) is 6.26. The van der Waals surface area contributed by atoms with E-state index in [-0.39, 0.29) is 5.91 Å². The average Bonchev–Trinajstić information content (AvgIpc) is 3.41. The summed E-state index contributed by atoms with van der Waals surface area (Å²) in [6.07, 6.45) is 9.64. The highest BCUT2D eigenvalue weighted by molar-refractivity contribution is 7.13. The van der Waals surface area contributed by atoms with Gasteiger partial charge in [-0.05, 0) is 25.0 Å². The van der Waals surface area contributed by atoms with Crippen molar-refractivity contribution in [1.82, 2.24) is 24.8 Å². The third-order valence-electron chi connectivity index (χ3n) is 4.39. The van der Waals surface area contributed by atoms with E-state index in [1.54, 1.807) is 23.7 Å². The van der Waals surface area contributed by atoms with Crippen molar-refractivity contribution in [3.05, 3.63) is 53.7 Å². The number of carbonyl (C=O) groups is 1. The van der Waals surface area contributed by atoms with E-state index in [0.29, 0.717) is 18.1 Å². The molecule has 0 atom stereocenters. The smallest absolute Gasteiger partial charge is 0.274 e.